The van der Waals surface area contributed by atoms with Gasteiger partial charge in [0.2, 0.25) is 0 Å². The van der Waals surface area contributed by atoms with Crippen molar-refractivity contribution in [3.8, 4) is 22.5 Å². The van der Waals surface area contributed by atoms with Gasteiger partial charge in [0.15, 0.2) is 5.76 Å². The lowest BCUT2D eigenvalue weighted by Gasteiger charge is -2.19. The fourth-order valence-electron chi connectivity index (χ4n) is 4.22. The van der Waals surface area contributed by atoms with Crippen LogP contribution < -0.4 is 10.9 Å². The third-order valence-electron chi connectivity index (χ3n) is 6.05. The molecule has 0 bridgehead atoms. The van der Waals surface area contributed by atoms with Gasteiger partial charge in [0.1, 0.15) is 0 Å². The summed E-state index contributed by atoms with van der Waals surface area (Å²) in [5.41, 5.74) is 4.39. The molecule has 0 saturated heterocycles. The van der Waals surface area contributed by atoms with Crippen molar-refractivity contribution in [2.24, 2.45) is 0 Å². The van der Waals surface area contributed by atoms with Crippen LogP contribution in [0.2, 0.25) is 0 Å². The zero-order valence-electron chi connectivity index (χ0n) is 20.1. The predicted molar refractivity (Wildman–Crippen MR) is 140 cm³/mol. The number of methoxy groups -OCH3 is 1. The Balaban J connectivity index is 1.60. The maximum Gasteiger partial charge on any atom is 0.259 e. The maximum absolute atomic E-state index is 13.3. The average molecular weight is 495 g/mol. The van der Waals surface area contributed by atoms with Gasteiger partial charge < -0.3 is 24.5 Å². The van der Waals surface area contributed by atoms with Gasteiger partial charge in [-0.3, -0.25) is 4.79 Å². The molecule has 2 heterocycles. The van der Waals surface area contributed by atoms with Crippen LogP contribution >= 0.6 is 11.6 Å². The van der Waals surface area contributed by atoms with E-state index in [1.54, 1.807) is 7.11 Å². The van der Waals surface area contributed by atoms with Crippen molar-refractivity contribution in [3.05, 3.63) is 80.9 Å². The molecule has 8 heteroatoms. The number of pyridine rings is 1. The van der Waals surface area contributed by atoms with Crippen LogP contribution in [-0.4, -0.2) is 54.9 Å². The molecule has 0 spiro atoms. The molecule has 0 radical (unpaired) electrons. The lowest BCUT2D eigenvalue weighted by Crippen LogP contribution is -2.34. The second kappa shape index (κ2) is 12.1. The van der Waals surface area contributed by atoms with E-state index in [4.69, 9.17) is 20.9 Å². The number of allylic oxidation sites excluding steroid dienone is 3. The third kappa shape index (κ3) is 6.18. The van der Waals surface area contributed by atoms with Crippen molar-refractivity contribution in [2.45, 2.75) is 19.9 Å². The van der Waals surface area contributed by atoms with E-state index in [0.29, 0.717) is 29.3 Å². The largest absolute Gasteiger partial charge is 0.383 e. The topological polar surface area (TPSA) is 83.4 Å². The van der Waals surface area contributed by atoms with Crippen LogP contribution in [0.1, 0.15) is 23.9 Å². The molecule has 0 fully saturated rings. The fourth-order valence-corrected chi connectivity index (χ4v) is 4.41. The predicted octanol–water partition coefficient (Wildman–Crippen LogP) is 4.45. The van der Waals surface area contributed by atoms with E-state index in [9.17, 15) is 4.79 Å². The number of nitrogens with one attached hydrogen (secondary N) is 2. The molecule has 2 N–H and O–H groups in total. The average Bonchev–Trinajstić information content (AvgIpc) is 3.25. The van der Waals surface area contributed by atoms with E-state index in [-0.39, 0.29) is 5.56 Å². The number of halogens is 1. The highest BCUT2D eigenvalue weighted by atomic mass is 35.5. The Morgan fingerprint density at radius 3 is 2.83 bits per heavy atom. The second-order valence-corrected chi connectivity index (χ2v) is 8.82. The van der Waals surface area contributed by atoms with E-state index in [1.807, 2.05) is 54.6 Å². The Bertz CT molecular complexity index is 1250. The molecule has 0 unspecified atom stereocenters. The summed E-state index contributed by atoms with van der Waals surface area (Å²) in [4.78, 5) is 18.6. The normalized spacial score (nSPS) is 13.1. The molecule has 0 amide bonds. The van der Waals surface area contributed by atoms with Crippen LogP contribution in [-0.2, 0) is 17.7 Å². The molecule has 4 rings (SSSR count). The van der Waals surface area contributed by atoms with E-state index in [1.165, 1.54) is 0 Å². The minimum atomic E-state index is -0.213. The summed E-state index contributed by atoms with van der Waals surface area (Å²) in [6, 6.07) is 11.7. The summed E-state index contributed by atoms with van der Waals surface area (Å²) in [6.07, 6.45) is 6.27. The molecular weight excluding hydrogens is 464 g/mol. The zero-order chi connectivity index (χ0) is 24.6. The van der Waals surface area contributed by atoms with Crippen LogP contribution in [0.15, 0.2) is 62.9 Å². The Morgan fingerprint density at radius 1 is 1.23 bits per heavy atom. The van der Waals surface area contributed by atoms with Gasteiger partial charge in [-0.25, -0.2) is 0 Å². The van der Waals surface area contributed by atoms with E-state index >= 15 is 0 Å². The summed E-state index contributed by atoms with van der Waals surface area (Å²) in [5, 5.41) is 8.23. The summed E-state index contributed by atoms with van der Waals surface area (Å²) < 4.78 is 10.9. The maximum atomic E-state index is 13.3. The molecule has 35 heavy (non-hydrogen) atoms. The quantitative estimate of drug-likeness (QED) is 0.383. The van der Waals surface area contributed by atoms with Crippen LogP contribution in [0.25, 0.3) is 28.5 Å². The monoisotopic (exact) mass is 494 g/mol. The van der Waals surface area contributed by atoms with Crippen LogP contribution in [0, 0.1) is 0 Å². The number of nitrogens with zero attached hydrogens (tertiary/aromatic N) is 2. The lowest BCUT2D eigenvalue weighted by atomic mass is 9.92. The van der Waals surface area contributed by atoms with Crippen molar-refractivity contribution in [1.29, 1.82) is 0 Å². The number of aromatic nitrogens is 2. The second-order valence-electron chi connectivity index (χ2n) is 8.38. The lowest BCUT2D eigenvalue weighted by molar-refractivity contribution is 0.151. The van der Waals surface area contributed by atoms with E-state index in [0.717, 1.165) is 60.9 Å². The molecule has 1 aliphatic carbocycles. The molecule has 7 nitrogen and oxygen atoms in total. The van der Waals surface area contributed by atoms with Crippen LogP contribution in [0.4, 0.5) is 0 Å². The van der Waals surface area contributed by atoms with Crippen molar-refractivity contribution >= 4 is 17.7 Å². The van der Waals surface area contributed by atoms with E-state index < -0.39 is 0 Å². The first-order valence-corrected chi connectivity index (χ1v) is 12.2. The number of ether oxygens (including phenoxy) is 1. The number of H-pyrrole nitrogens is 1. The number of hydrogen-bond donors (Lipinski definition) is 2. The van der Waals surface area contributed by atoms with Crippen molar-refractivity contribution in [3.63, 3.8) is 0 Å². The number of rotatable bonds is 11. The summed E-state index contributed by atoms with van der Waals surface area (Å²) in [6.45, 7) is 7.00. The Kier molecular flexibility index (Phi) is 8.71. The van der Waals surface area contributed by atoms with Gasteiger partial charge in [0, 0.05) is 67.6 Å². The van der Waals surface area contributed by atoms with Gasteiger partial charge in [-0.05, 0) is 24.3 Å². The number of fused-ring (bicyclic) bond motifs is 1. The molecule has 2 aromatic heterocycles. The highest BCUT2D eigenvalue weighted by Gasteiger charge is 2.23. The molecule has 1 aliphatic rings. The first-order chi connectivity index (χ1) is 17.1. The van der Waals surface area contributed by atoms with Crippen LogP contribution in [0.5, 0.6) is 0 Å². The molecular formula is C27H31ClN4O3. The fraction of sp³-hybridized carbons (Fsp3) is 0.333. The minimum Gasteiger partial charge on any atom is -0.383 e. The number of hydrogen-bond acceptors (Lipinski definition) is 6. The minimum absolute atomic E-state index is 0.213. The van der Waals surface area contributed by atoms with Gasteiger partial charge in [-0.2, -0.15) is 0 Å². The van der Waals surface area contributed by atoms with Crippen molar-refractivity contribution in [2.75, 3.05) is 39.9 Å². The summed E-state index contributed by atoms with van der Waals surface area (Å²) in [5.74, 6) is 0.432. The van der Waals surface area contributed by atoms with Gasteiger partial charge in [-0.15, -0.1) is 0 Å². The van der Waals surface area contributed by atoms with Gasteiger partial charge in [0.05, 0.1) is 17.9 Å². The molecule has 0 aliphatic heterocycles. The molecule has 1 aromatic carbocycles. The number of aromatic amines is 1. The Labute approximate surface area is 210 Å². The Morgan fingerprint density at radius 2 is 2.06 bits per heavy atom. The first kappa shape index (κ1) is 25.1. The van der Waals surface area contributed by atoms with Gasteiger partial charge >= 0.3 is 0 Å². The highest BCUT2D eigenvalue weighted by Crippen LogP contribution is 2.36. The smallest absolute Gasteiger partial charge is 0.259 e. The number of benzene rings is 1. The molecule has 0 atom stereocenters. The molecule has 184 valence electrons. The zero-order valence-corrected chi connectivity index (χ0v) is 20.9. The SMILES string of the molecule is CCN(CCNCc1cc(-c2c(-c3ccccc3)c3c([nH]c2=O)CC=CC(Cl)=C3)on1)CCOC. The molecule has 3 aromatic rings. The van der Waals surface area contributed by atoms with Gasteiger partial charge in [0.25, 0.3) is 5.56 Å². The van der Waals surface area contributed by atoms with Crippen molar-refractivity contribution < 1.29 is 9.26 Å². The first-order valence-electron chi connectivity index (χ1n) is 11.9. The number of likely N-dealkylation sites (N-methyl/N-ethyl adjacent to an activating group) is 1. The highest BCUT2D eigenvalue weighted by molar-refractivity contribution is 6.33. The van der Waals surface area contributed by atoms with Crippen molar-refractivity contribution in [1.82, 2.24) is 20.4 Å². The standard InChI is InChI=1S/C27H31ClN4O3/c1-3-32(14-15-34-2)13-12-29-18-21-17-24(35-31-21)26-25(19-8-5-4-6-9-19)22-16-20(28)10-7-11-23(22)30-27(26)33/h4-10,16-17,29H,3,11-15,18H2,1-2H3,(H,30,33). The third-order valence-corrected chi connectivity index (χ3v) is 6.29. The summed E-state index contributed by atoms with van der Waals surface area (Å²) in [7, 11) is 1.72. The Hall–Kier alpha value is -2.97. The van der Waals surface area contributed by atoms with E-state index in [2.05, 4.69) is 27.3 Å². The van der Waals surface area contributed by atoms with Gasteiger partial charge in [-0.1, -0.05) is 60.1 Å². The molecule has 0 saturated carbocycles. The summed E-state index contributed by atoms with van der Waals surface area (Å²) >= 11 is 6.41. The van der Waals surface area contributed by atoms with Crippen LogP contribution in [0.3, 0.4) is 0 Å².